The molecule has 1 aromatic rings. The molecule has 2 rings (SSSR count). The Bertz CT molecular complexity index is 564. The highest BCUT2D eigenvalue weighted by atomic mass is 35.5. The Labute approximate surface area is 117 Å². The van der Waals surface area contributed by atoms with Crippen molar-refractivity contribution in [2.24, 2.45) is 0 Å². The fraction of sp³-hybridized carbons (Fsp3) is 0.636. The van der Waals surface area contributed by atoms with Crippen molar-refractivity contribution >= 4 is 27.3 Å². The first-order chi connectivity index (χ1) is 8.91. The standard InChI is InChI=1S/C11H16ClN3O3S/c1-15(8-3-4-19(16,17)7-8)11-5-9(12)13-10(14-11)6-18-2/h5,8H,3-4,6-7H2,1-2H3. The molecule has 1 aromatic heterocycles. The number of nitrogens with zero attached hydrogens (tertiary/aromatic N) is 3. The van der Waals surface area contributed by atoms with E-state index in [-0.39, 0.29) is 24.2 Å². The van der Waals surface area contributed by atoms with Crippen LogP contribution in [-0.4, -0.2) is 50.1 Å². The molecular formula is C11H16ClN3O3S. The van der Waals surface area contributed by atoms with Crippen LogP contribution in [0.25, 0.3) is 0 Å². The Morgan fingerprint density at radius 1 is 1.53 bits per heavy atom. The summed E-state index contributed by atoms with van der Waals surface area (Å²) in [6, 6.07) is 1.57. The molecule has 6 nitrogen and oxygen atoms in total. The monoisotopic (exact) mass is 305 g/mol. The maximum atomic E-state index is 11.5. The van der Waals surface area contributed by atoms with Crippen LogP contribution in [0, 0.1) is 0 Å². The molecule has 0 aliphatic carbocycles. The van der Waals surface area contributed by atoms with Gasteiger partial charge in [-0.2, -0.15) is 0 Å². The highest BCUT2D eigenvalue weighted by molar-refractivity contribution is 7.91. The van der Waals surface area contributed by atoms with E-state index in [9.17, 15) is 8.42 Å². The van der Waals surface area contributed by atoms with E-state index in [2.05, 4.69) is 9.97 Å². The van der Waals surface area contributed by atoms with Crippen LogP contribution in [0.5, 0.6) is 0 Å². The topological polar surface area (TPSA) is 72.4 Å². The molecule has 1 atom stereocenters. The van der Waals surface area contributed by atoms with Crippen LogP contribution in [0.2, 0.25) is 5.15 Å². The van der Waals surface area contributed by atoms with Crippen molar-refractivity contribution in [1.29, 1.82) is 0 Å². The van der Waals surface area contributed by atoms with Crippen LogP contribution in [0.15, 0.2) is 6.07 Å². The molecule has 2 heterocycles. The number of anilines is 1. The summed E-state index contributed by atoms with van der Waals surface area (Å²) < 4.78 is 28.0. The SMILES string of the molecule is COCc1nc(Cl)cc(N(C)C2CCS(=O)(=O)C2)n1. The second-order valence-electron chi connectivity index (χ2n) is 4.57. The lowest BCUT2D eigenvalue weighted by atomic mass is 10.2. The van der Waals surface area contributed by atoms with E-state index in [1.165, 1.54) is 0 Å². The molecule has 0 bridgehead atoms. The lowest BCUT2D eigenvalue weighted by Crippen LogP contribution is -2.33. The van der Waals surface area contributed by atoms with E-state index in [1.54, 1.807) is 13.2 Å². The van der Waals surface area contributed by atoms with Gasteiger partial charge in [0.15, 0.2) is 15.7 Å². The molecule has 0 amide bonds. The van der Waals surface area contributed by atoms with Crippen LogP contribution in [0.1, 0.15) is 12.2 Å². The zero-order valence-corrected chi connectivity index (χ0v) is 12.4. The third-order valence-electron chi connectivity index (χ3n) is 3.12. The van der Waals surface area contributed by atoms with Gasteiger partial charge in [0.25, 0.3) is 0 Å². The average molecular weight is 306 g/mol. The molecule has 19 heavy (non-hydrogen) atoms. The van der Waals surface area contributed by atoms with Crippen molar-refractivity contribution in [2.75, 3.05) is 30.6 Å². The lowest BCUT2D eigenvalue weighted by Gasteiger charge is -2.24. The van der Waals surface area contributed by atoms with Gasteiger partial charge in [-0.15, -0.1) is 0 Å². The quantitative estimate of drug-likeness (QED) is 0.770. The minimum absolute atomic E-state index is 0.0636. The summed E-state index contributed by atoms with van der Waals surface area (Å²) in [5.74, 6) is 1.49. The van der Waals surface area contributed by atoms with Gasteiger partial charge in [0.1, 0.15) is 17.6 Å². The lowest BCUT2D eigenvalue weighted by molar-refractivity contribution is 0.178. The zero-order valence-electron chi connectivity index (χ0n) is 10.8. The van der Waals surface area contributed by atoms with Gasteiger partial charge in [-0.3, -0.25) is 0 Å². The molecule has 1 unspecified atom stereocenters. The minimum Gasteiger partial charge on any atom is -0.377 e. The number of halogens is 1. The van der Waals surface area contributed by atoms with Crippen molar-refractivity contribution in [2.45, 2.75) is 19.1 Å². The Morgan fingerprint density at radius 2 is 2.26 bits per heavy atom. The molecule has 1 fully saturated rings. The smallest absolute Gasteiger partial charge is 0.158 e. The van der Waals surface area contributed by atoms with E-state index in [4.69, 9.17) is 16.3 Å². The molecule has 1 aliphatic heterocycles. The number of hydrogen-bond acceptors (Lipinski definition) is 6. The fourth-order valence-electron chi connectivity index (χ4n) is 2.09. The fourth-order valence-corrected chi connectivity index (χ4v) is 4.06. The summed E-state index contributed by atoms with van der Waals surface area (Å²) in [6.07, 6.45) is 0.611. The largest absolute Gasteiger partial charge is 0.377 e. The molecule has 106 valence electrons. The Kier molecular flexibility index (Phi) is 4.27. The summed E-state index contributed by atoms with van der Waals surface area (Å²) in [7, 11) is 0.451. The number of rotatable bonds is 4. The highest BCUT2D eigenvalue weighted by Crippen LogP contribution is 2.23. The van der Waals surface area contributed by atoms with Gasteiger partial charge < -0.3 is 9.64 Å². The van der Waals surface area contributed by atoms with Crippen LogP contribution >= 0.6 is 11.6 Å². The summed E-state index contributed by atoms with van der Waals surface area (Å²) in [5, 5.41) is 0.324. The Balaban J connectivity index is 2.21. The highest BCUT2D eigenvalue weighted by Gasteiger charge is 2.31. The van der Waals surface area contributed by atoms with Crippen LogP contribution in [0.4, 0.5) is 5.82 Å². The summed E-state index contributed by atoms with van der Waals surface area (Å²) in [6.45, 7) is 0.268. The van der Waals surface area contributed by atoms with Crippen molar-refractivity contribution in [3.63, 3.8) is 0 Å². The number of aromatic nitrogens is 2. The van der Waals surface area contributed by atoms with Gasteiger partial charge in [0.05, 0.1) is 11.5 Å². The third kappa shape index (κ3) is 3.55. The number of hydrogen-bond donors (Lipinski definition) is 0. The molecule has 0 radical (unpaired) electrons. The third-order valence-corrected chi connectivity index (χ3v) is 5.06. The van der Waals surface area contributed by atoms with Crippen molar-refractivity contribution in [1.82, 2.24) is 9.97 Å². The predicted molar refractivity (Wildman–Crippen MR) is 73.2 cm³/mol. The van der Waals surface area contributed by atoms with Crippen LogP contribution in [-0.2, 0) is 21.2 Å². The maximum Gasteiger partial charge on any atom is 0.158 e. The zero-order chi connectivity index (χ0) is 14.0. The average Bonchev–Trinajstić information content (AvgIpc) is 2.68. The van der Waals surface area contributed by atoms with Gasteiger partial charge in [-0.05, 0) is 6.42 Å². The molecule has 1 aliphatic rings. The Morgan fingerprint density at radius 3 is 2.84 bits per heavy atom. The van der Waals surface area contributed by atoms with E-state index < -0.39 is 9.84 Å². The van der Waals surface area contributed by atoms with Crippen molar-refractivity contribution in [3.05, 3.63) is 17.0 Å². The number of ether oxygens (including phenoxy) is 1. The van der Waals surface area contributed by atoms with Gasteiger partial charge in [-0.1, -0.05) is 11.6 Å². The van der Waals surface area contributed by atoms with Crippen molar-refractivity contribution < 1.29 is 13.2 Å². The summed E-state index contributed by atoms with van der Waals surface area (Å²) >= 11 is 5.94. The van der Waals surface area contributed by atoms with Gasteiger partial charge in [0, 0.05) is 26.3 Å². The molecule has 0 aromatic carbocycles. The summed E-state index contributed by atoms with van der Waals surface area (Å²) in [4.78, 5) is 10.2. The molecular weight excluding hydrogens is 290 g/mol. The molecule has 1 saturated heterocycles. The van der Waals surface area contributed by atoms with Gasteiger partial charge in [0.2, 0.25) is 0 Å². The number of sulfone groups is 1. The van der Waals surface area contributed by atoms with E-state index in [1.807, 2.05) is 11.9 Å². The number of methoxy groups -OCH3 is 1. The van der Waals surface area contributed by atoms with E-state index in [0.29, 0.717) is 23.2 Å². The van der Waals surface area contributed by atoms with Crippen LogP contribution < -0.4 is 4.90 Å². The Hall–Kier alpha value is -0.920. The normalized spacial score (nSPS) is 21.5. The van der Waals surface area contributed by atoms with Crippen LogP contribution in [0.3, 0.4) is 0 Å². The minimum atomic E-state index is -2.92. The molecule has 0 N–H and O–H groups in total. The first kappa shape index (κ1) is 14.5. The maximum absolute atomic E-state index is 11.5. The van der Waals surface area contributed by atoms with E-state index in [0.717, 1.165) is 0 Å². The second kappa shape index (κ2) is 5.60. The molecule has 0 spiro atoms. The summed E-state index contributed by atoms with van der Waals surface area (Å²) in [5.41, 5.74) is 0. The van der Waals surface area contributed by atoms with Gasteiger partial charge >= 0.3 is 0 Å². The van der Waals surface area contributed by atoms with Gasteiger partial charge in [-0.25, -0.2) is 18.4 Å². The second-order valence-corrected chi connectivity index (χ2v) is 7.18. The molecule has 8 heteroatoms. The van der Waals surface area contributed by atoms with Crippen molar-refractivity contribution in [3.8, 4) is 0 Å². The van der Waals surface area contributed by atoms with E-state index >= 15 is 0 Å². The molecule has 0 saturated carbocycles. The first-order valence-electron chi connectivity index (χ1n) is 5.87. The predicted octanol–water partition coefficient (Wildman–Crippen LogP) is 0.900. The first-order valence-corrected chi connectivity index (χ1v) is 8.07.